The average Bonchev–Trinajstić information content (AvgIpc) is 3.64. The molecular formula is C30H28FN3O. The van der Waals surface area contributed by atoms with E-state index in [0.29, 0.717) is 25.0 Å². The highest BCUT2D eigenvalue weighted by atomic mass is 19.1. The lowest BCUT2D eigenvalue weighted by atomic mass is 9.93. The summed E-state index contributed by atoms with van der Waals surface area (Å²) >= 11 is 0. The molecule has 0 saturated heterocycles. The first-order valence-corrected chi connectivity index (χ1v) is 12.4. The zero-order chi connectivity index (χ0) is 23.9. The number of hydrogen-bond donors (Lipinski definition) is 0. The molecule has 5 heteroatoms. The summed E-state index contributed by atoms with van der Waals surface area (Å²) in [6, 6.07) is 17.1. The van der Waals surface area contributed by atoms with Gasteiger partial charge in [-0.05, 0) is 85.3 Å². The molecule has 0 bridgehead atoms. The van der Waals surface area contributed by atoms with E-state index in [1.54, 1.807) is 12.1 Å². The van der Waals surface area contributed by atoms with Crippen LogP contribution in [0.4, 0.5) is 4.39 Å². The van der Waals surface area contributed by atoms with Gasteiger partial charge in [-0.15, -0.1) is 0 Å². The molecule has 0 amide bonds. The zero-order valence-electron chi connectivity index (χ0n) is 20.0. The van der Waals surface area contributed by atoms with Gasteiger partial charge in [0.2, 0.25) is 0 Å². The number of hydrogen-bond acceptors (Lipinski definition) is 4. The van der Waals surface area contributed by atoms with E-state index < -0.39 is 0 Å². The number of aliphatic imine (C=N–C) groups is 1. The third kappa shape index (κ3) is 4.31. The molecule has 2 aromatic carbocycles. The molecular weight excluding hydrogens is 437 g/mol. The highest BCUT2D eigenvalue weighted by Gasteiger charge is 2.35. The molecule has 0 radical (unpaired) electrons. The lowest BCUT2D eigenvalue weighted by molar-refractivity contribution is 0.337. The van der Waals surface area contributed by atoms with E-state index in [-0.39, 0.29) is 11.7 Å². The number of fused-ring (bicyclic) bond motifs is 2. The van der Waals surface area contributed by atoms with E-state index in [1.165, 1.54) is 30.5 Å². The second-order valence-electron chi connectivity index (χ2n) is 9.88. The first kappa shape index (κ1) is 21.9. The number of halogens is 1. The average molecular weight is 466 g/mol. The lowest BCUT2D eigenvalue weighted by Gasteiger charge is -2.17. The molecule has 1 fully saturated rings. The van der Waals surface area contributed by atoms with Crippen molar-refractivity contribution in [1.82, 2.24) is 9.97 Å². The minimum atomic E-state index is -0.249. The van der Waals surface area contributed by atoms with Crippen molar-refractivity contribution in [3.63, 3.8) is 0 Å². The number of nitrogens with zero attached hydrogens (tertiary/aromatic N) is 3. The summed E-state index contributed by atoms with van der Waals surface area (Å²) in [6.07, 6.45) is 6.23. The van der Waals surface area contributed by atoms with E-state index in [0.717, 1.165) is 44.7 Å². The van der Waals surface area contributed by atoms with Crippen LogP contribution in [0, 0.1) is 18.7 Å². The number of benzene rings is 2. The summed E-state index contributed by atoms with van der Waals surface area (Å²) in [6.45, 7) is 5.62. The molecule has 4 nitrogen and oxygen atoms in total. The predicted molar refractivity (Wildman–Crippen MR) is 138 cm³/mol. The fourth-order valence-corrected chi connectivity index (χ4v) is 5.12. The van der Waals surface area contributed by atoms with E-state index in [1.807, 2.05) is 18.5 Å². The molecule has 1 aliphatic carbocycles. The topological polar surface area (TPSA) is 47.4 Å². The minimum Gasteiger partial charge on any atom is -0.490 e. The number of pyridine rings is 2. The van der Waals surface area contributed by atoms with Gasteiger partial charge in [-0.1, -0.05) is 13.0 Å². The second kappa shape index (κ2) is 8.88. The Morgan fingerprint density at radius 3 is 2.77 bits per heavy atom. The SMILES string of the molecule is Cc1cc(C=NCC(c2cc3c(c(-c4ccc(F)cc4)n2)OCC3C)C2CC2)cc2cccnc12. The maximum absolute atomic E-state index is 13.6. The summed E-state index contributed by atoms with van der Waals surface area (Å²) in [7, 11) is 0. The highest BCUT2D eigenvalue weighted by Crippen LogP contribution is 2.46. The van der Waals surface area contributed by atoms with Gasteiger partial charge in [-0.2, -0.15) is 0 Å². The highest BCUT2D eigenvalue weighted by molar-refractivity contribution is 5.90. The zero-order valence-corrected chi connectivity index (χ0v) is 20.0. The predicted octanol–water partition coefficient (Wildman–Crippen LogP) is 6.85. The first-order valence-electron chi connectivity index (χ1n) is 12.4. The van der Waals surface area contributed by atoms with Crippen LogP contribution in [0.15, 0.2) is 65.8 Å². The second-order valence-corrected chi connectivity index (χ2v) is 9.88. The Labute approximate surface area is 204 Å². The lowest BCUT2D eigenvalue weighted by Crippen LogP contribution is -2.10. The van der Waals surface area contributed by atoms with E-state index >= 15 is 0 Å². The molecule has 1 aliphatic heterocycles. The van der Waals surface area contributed by atoms with Gasteiger partial charge in [-0.25, -0.2) is 9.37 Å². The number of rotatable bonds is 6. The van der Waals surface area contributed by atoms with Crippen molar-refractivity contribution in [1.29, 1.82) is 0 Å². The van der Waals surface area contributed by atoms with Crippen molar-refractivity contribution in [3.8, 4) is 17.0 Å². The van der Waals surface area contributed by atoms with Crippen molar-refractivity contribution < 1.29 is 9.13 Å². The van der Waals surface area contributed by atoms with Crippen LogP contribution in [-0.4, -0.2) is 29.3 Å². The Morgan fingerprint density at radius 1 is 1.14 bits per heavy atom. The third-order valence-corrected chi connectivity index (χ3v) is 7.18. The number of ether oxygens (including phenoxy) is 1. The van der Waals surface area contributed by atoms with Gasteiger partial charge in [0.05, 0.1) is 12.1 Å². The van der Waals surface area contributed by atoms with Crippen molar-refractivity contribution >= 4 is 17.1 Å². The fourth-order valence-electron chi connectivity index (χ4n) is 5.12. The Bertz CT molecular complexity index is 1430. The van der Waals surface area contributed by atoms with Crippen molar-refractivity contribution in [3.05, 3.63) is 89.0 Å². The van der Waals surface area contributed by atoms with E-state index in [4.69, 9.17) is 14.7 Å². The van der Waals surface area contributed by atoms with Crippen LogP contribution in [0.5, 0.6) is 5.75 Å². The van der Waals surface area contributed by atoms with Gasteiger partial charge < -0.3 is 4.74 Å². The maximum atomic E-state index is 13.6. The molecule has 1 saturated carbocycles. The Kier molecular flexibility index (Phi) is 5.56. The van der Waals surface area contributed by atoms with E-state index in [9.17, 15) is 4.39 Å². The largest absolute Gasteiger partial charge is 0.490 e. The molecule has 6 rings (SSSR count). The molecule has 0 N–H and O–H groups in total. The fraction of sp³-hybridized carbons (Fsp3) is 0.300. The molecule has 2 aromatic heterocycles. The van der Waals surface area contributed by atoms with Gasteiger partial charge in [0.15, 0.2) is 0 Å². The first-order chi connectivity index (χ1) is 17.1. The smallest absolute Gasteiger partial charge is 0.149 e. The maximum Gasteiger partial charge on any atom is 0.149 e. The van der Waals surface area contributed by atoms with Crippen LogP contribution in [0.1, 0.15) is 54.0 Å². The van der Waals surface area contributed by atoms with Gasteiger partial charge in [0.25, 0.3) is 0 Å². The van der Waals surface area contributed by atoms with Crippen molar-refractivity contribution in [2.75, 3.05) is 13.2 Å². The standard InChI is InChI=1S/C30H28FN3O/c1-18-12-20(13-23-4-3-11-33-28(18)23)15-32-16-26(21-5-6-21)27-14-25-19(2)17-35-30(25)29(34-27)22-7-9-24(31)10-8-22/h3-4,7-15,19,21,26H,5-6,16-17H2,1-2H3. The Balaban J connectivity index is 1.33. The van der Waals surface area contributed by atoms with Crippen LogP contribution in [0.25, 0.3) is 22.2 Å². The van der Waals surface area contributed by atoms with Crippen LogP contribution >= 0.6 is 0 Å². The summed E-state index contributed by atoms with van der Waals surface area (Å²) in [5, 5.41) is 1.13. The van der Waals surface area contributed by atoms with Gasteiger partial charge >= 0.3 is 0 Å². The van der Waals surface area contributed by atoms with Gasteiger partial charge in [0.1, 0.15) is 17.3 Å². The normalized spacial score (nSPS) is 18.1. The quantitative estimate of drug-likeness (QED) is 0.293. The Hall–Kier alpha value is -3.60. The van der Waals surface area contributed by atoms with Crippen molar-refractivity contribution in [2.45, 2.75) is 38.5 Å². The molecule has 0 spiro atoms. The molecule has 2 unspecified atom stereocenters. The Morgan fingerprint density at radius 2 is 1.97 bits per heavy atom. The summed E-state index contributed by atoms with van der Waals surface area (Å²) in [5.41, 5.74) is 7.24. The molecule has 2 aliphatic rings. The van der Waals surface area contributed by atoms with E-state index in [2.05, 4.69) is 43.1 Å². The van der Waals surface area contributed by atoms with Gasteiger partial charge in [-0.3, -0.25) is 9.98 Å². The minimum absolute atomic E-state index is 0.249. The number of aromatic nitrogens is 2. The molecule has 2 atom stereocenters. The van der Waals surface area contributed by atoms with Crippen LogP contribution in [0.2, 0.25) is 0 Å². The van der Waals surface area contributed by atoms with Crippen LogP contribution in [-0.2, 0) is 0 Å². The van der Waals surface area contributed by atoms with Crippen LogP contribution < -0.4 is 4.74 Å². The summed E-state index contributed by atoms with van der Waals surface area (Å²) in [5.74, 6) is 1.75. The monoisotopic (exact) mass is 465 g/mol. The molecule has 35 heavy (non-hydrogen) atoms. The third-order valence-electron chi connectivity index (χ3n) is 7.18. The summed E-state index contributed by atoms with van der Waals surface area (Å²) in [4.78, 5) is 14.5. The molecule has 176 valence electrons. The molecule has 3 heterocycles. The summed E-state index contributed by atoms with van der Waals surface area (Å²) < 4.78 is 19.6. The van der Waals surface area contributed by atoms with Crippen LogP contribution in [0.3, 0.4) is 0 Å². The number of aryl methyl sites for hydroxylation is 1. The van der Waals surface area contributed by atoms with Gasteiger partial charge in [0, 0.05) is 53.0 Å². The molecule has 4 aromatic rings. The van der Waals surface area contributed by atoms with Crippen molar-refractivity contribution in [2.24, 2.45) is 10.9 Å².